The molecule has 0 radical (unpaired) electrons. The number of aryl methyl sites for hydroxylation is 1. The van der Waals surface area contributed by atoms with Crippen molar-refractivity contribution in [2.75, 3.05) is 0 Å². The molecule has 1 aromatic carbocycles. The van der Waals surface area contributed by atoms with Crippen molar-refractivity contribution in [1.82, 2.24) is 4.57 Å². The zero-order chi connectivity index (χ0) is 10.8. The molecule has 1 heterocycles. The monoisotopic (exact) mass is 201 g/mol. The number of benzene rings is 1. The summed E-state index contributed by atoms with van der Waals surface area (Å²) >= 11 is 0. The van der Waals surface area contributed by atoms with Crippen LogP contribution >= 0.6 is 0 Å². The summed E-state index contributed by atoms with van der Waals surface area (Å²) in [5.41, 5.74) is 1.80. The molecular weight excluding hydrogens is 190 g/mol. The van der Waals surface area contributed by atoms with Gasteiger partial charge in [0.05, 0.1) is 12.1 Å². The van der Waals surface area contributed by atoms with Crippen molar-refractivity contribution >= 4 is 17.2 Å². The fourth-order valence-electron chi connectivity index (χ4n) is 1.69. The third-order valence-electron chi connectivity index (χ3n) is 2.40. The van der Waals surface area contributed by atoms with E-state index < -0.39 is 0 Å². The molecule has 0 unspecified atom stereocenters. The predicted octanol–water partition coefficient (Wildman–Crippen LogP) is 1.51. The minimum absolute atomic E-state index is 0.110. The van der Waals surface area contributed by atoms with E-state index in [1.807, 2.05) is 25.1 Å². The third-order valence-corrected chi connectivity index (χ3v) is 2.40. The minimum Gasteiger partial charge on any atom is -0.301 e. The van der Waals surface area contributed by atoms with Crippen molar-refractivity contribution in [3.63, 3.8) is 0 Å². The molecule has 0 amide bonds. The second-order valence-corrected chi connectivity index (χ2v) is 3.51. The van der Waals surface area contributed by atoms with Gasteiger partial charge in [-0.15, -0.1) is 0 Å². The summed E-state index contributed by atoms with van der Waals surface area (Å²) in [6.45, 7) is 2.11. The van der Waals surface area contributed by atoms with Crippen molar-refractivity contribution in [2.45, 2.75) is 13.5 Å². The maximum atomic E-state index is 11.5. The van der Waals surface area contributed by atoms with Crippen molar-refractivity contribution in [3.8, 4) is 0 Å². The first-order chi connectivity index (χ1) is 7.22. The standard InChI is InChI=1S/C12H11NO2/c1-9-2-4-11-10(8-9)3-5-12(15)13(11)6-7-14/h2-5,7-8H,6H2,1H3. The van der Waals surface area contributed by atoms with E-state index >= 15 is 0 Å². The molecule has 0 N–H and O–H groups in total. The first-order valence-corrected chi connectivity index (χ1v) is 4.76. The number of aldehydes is 1. The molecule has 15 heavy (non-hydrogen) atoms. The molecule has 0 bridgehead atoms. The fraction of sp³-hybridized carbons (Fsp3) is 0.167. The van der Waals surface area contributed by atoms with E-state index in [9.17, 15) is 9.59 Å². The molecular formula is C12H11NO2. The van der Waals surface area contributed by atoms with Crippen LogP contribution < -0.4 is 5.56 Å². The van der Waals surface area contributed by atoms with Gasteiger partial charge in [0.15, 0.2) is 0 Å². The molecule has 0 aliphatic heterocycles. The molecule has 2 rings (SSSR count). The van der Waals surface area contributed by atoms with Gasteiger partial charge in [-0.1, -0.05) is 11.6 Å². The van der Waals surface area contributed by atoms with Gasteiger partial charge < -0.3 is 9.36 Å². The van der Waals surface area contributed by atoms with Crippen molar-refractivity contribution in [3.05, 3.63) is 46.2 Å². The average Bonchev–Trinajstić information content (AvgIpc) is 2.22. The van der Waals surface area contributed by atoms with E-state index in [-0.39, 0.29) is 12.1 Å². The molecule has 0 aliphatic carbocycles. The van der Waals surface area contributed by atoms with Gasteiger partial charge in [-0.2, -0.15) is 0 Å². The summed E-state index contributed by atoms with van der Waals surface area (Å²) in [5.74, 6) is 0. The van der Waals surface area contributed by atoms with Crippen LogP contribution in [-0.2, 0) is 11.3 Å². The lowest BCUT2D eigenvalue weighted by atomic mass is 10.1. The van der Waals surface area contributed by atoms with Gasteiger partial charge in [-0.05, 0) is 30.5 Å². The number of rotatable bonds is 2. The van der Waals surface area contributed by atoms with Gasteiger partial charge in [0.2, 0.25) is 0 Å². The third kappa shape index (κ3) is 1.68. The highest BCUT2D eigenvalue weighted by Gasteiger charge is 2.01. The Morgan fingerprint density at radius 3 is 2.80 bits per heavy atom. The summed E-state index contributed by atoms with van der Waals surface area (Å²) in [6, 6.07) is 9.08. The summed E-state index contributed by atoms with van der Waals surface area (Å²) in [7, 11) is 0. The Balaban J connectivity index is 2.81. The molecule has 0 aliphatic rings. The zero-order valence-corrected chi connectivity index (χ0v) is 8.43. The van der Waals surface area contributed by atoms with Gasteiger partial charge in [0.1, 0.15) is 6.29 Å². The summed E-state index contributed by atoms with van der Waals surface area (Å²) < 4.78 is 1.47. The Bertz CT molecular complexity index is 569. The zero-order valence-electron chi connectivity index (χ0n) is 8.43. The number of aromatic nitrogens is 1. The van der Waals surface area contributed by atoms with Gasteiger partial charge in [-0.25, -0.2) is 0 Å². The molecule has 0 saturated heterocycles. The highest BCUT2D eigenvalue weighted by molar-refractivity contribution is 5.80. The molecule has 76 valence electrons. The van der Waals surface area contributed by atoms with Crippen LogP contribution in [0.1, 0.15) is 5.56 Å². The Labute approximate surface area is 87.0 Å². The maximum absolute atomic E-state index is 11.5. The number of hydrogen-bond acceptors (Lipinski definition) is 2. The number of hydrogen-bond donors (Lipinski definition) is 0. The fourth-order valence-corrected chi connectivity index (χ4v) is 1.69. The molecule has 2 aromatic rings. The average molecular weight is 201 g/mol. The maximum Gasteiger partial charge on any atom is 0.251 e. The summed E-state index contributed by atoms with van der Waals surface area (Å²) in [6.07, 6.45) is 0.737. The van der Waals surface area contributed by atoms with Crippen molar-refractivity contribution < 1.29 is 4.79 Å². The van der Waals surface area contributed by atoms with Gasteiger partial charge in [0.25, 0.3) is 5.56 Å². The number of carbonyl (C=O) groups is 1. The number of nitrogens with zero attached hydrogens (tertiary/aromatic N) is 1. The Morgan fingerprint density at radius 1 is 1.27 bits per heavy atom. The second kappa shape index (κ2) is 3.69. The lowest BCUT2D eigenvalue weighted by Gasteiger charge is -2.06. The molecule has 3 nitrogen and oxygen atoms in total. The number of pyridine rings is 1. The molecule has 0 spiro atoms. The minimum atomic E-state index is -0.140. The van der Waals surface area contributed by atoms with Crippen molar-refractivity contribution in [2.24, 2.45) is 0 Å². The van der Waals surface area contributed by atoms with Crippen molar-refractivity contribution in [1.29, 1.82) is 0 Å². The number of fused-ring (bicyclic) bond motifs is 1. The molecule has 0 fully saturated rings. The Morgan fingerprint density at radius 2 is 2.07 bits per heavy atom. The Kier molecular flexibility index (Phi) is 2.37. The molecule has 0 saturated carbocycles. The van der Waals surface area contributed by atoms with Gasteiger partial charge >= 0.3 is 0 Å². The smallest absolute Gasteiger partial charge is 0.251 e. The largest absolute Gasteiger partial charge is 0.301 e. The van der Waals surface area contributed by atoms with Crippen LogP contribution in [-0.4, -0.2) is 10.9 Å². The van der Waals surface area contributed by atoms with E-state index in [2.05, 4.69) is 0 Å². The lowest BCUT2D eigenvalue weighted by Crippen LogP contribution is -2.19. The van der Waals surface area contributed by atoms with Crippen LogP contribution in [0.3, 0.4) is 0 Å². The molecule has 1 aromatic heterocycles. The second-order valence-electron chi connectivity index (χ2n) is 3.51. The SMILES string of the molecule is Cc1ccc2c(ccc(=O)n2CC=O)c1. The van der Waals surface area contributed by atoms with Gasteiger partial charge in [0, 0.05) is 6.07 Å². The topological polar surface area (TPSA) is 39.1 Å². The van der Waals surface area contributed by atoms with Gasteiger partial charge in [-0.3, -0.25) is 4.79 Å². The van der Waals surface area contributed by atoms with Crippen LogP contribution in [0.4, 0.5) is 0 Å². The molecule has 3 heteroatoms. The van der Waals surface area contributed by atoms with Crippen LogP contribution in [0.15, 0.2) is 35.1 Å². The molecule has 0 atom stereocenters. The highest BCUT2D eigenvalue weighted by atomic mass is 16.1. The quantitative estimate of drug-likeness (QED) is 0.691. The predicted molar refractivity (Wildman–Crippen MR) is 59.0 cm³/mol. The van der Waals surface area contributed by atoms with Crippen LogP contribution in [0.2, 0.25) is 0 Å². The summed E-state index contributed by atoms with van der Waals surface area (Å²) in [5, 5.41) is 0.983. The summed E-state index contributed by atoms with van der Waals surface area (Å²) in [4.78, 5) is 22.0. The van der Waals surface area contributed by atoms with E-state index in [0.717, 1.165) is 22.8 Å². The lowest BCUT2D eigenvalue weighted by molar-refractivity contribution is -0.108. The van der Waals surface area contributed by atoms with Crippen LogP contribution in [0.25, 0.3) is 10.9 Å². The first kappa shape index (κ1) is 9.65. The normalized spacial score (nSPS) is 10.5. The first-order valence-electron chi connectivity index (χ1n) is 4.76. The Hall–Kier alpha value is -1.90. The van der Waals surface area contributed by atoms with E-state index in [1.165, 1.54) is 10.6 Å². The van der Waals surface area contributed by atoms with E-state index in [1.54, 1.807) is 6.07 Å². The van der Waals surface area contributed by atoms with E-state index in [4.69, 9.17) is 0 Å². The van der Waals surface area contributed by atoms with Crippen LogP contribution in [0, 0.1) is 6.92 Å². The number of carbonyl (C=O) groups excluding carboxylic acids is 1. The highest BCUT2D eigenvalue weighted by Crippen LogP contribution is 2.13. The van der Waals surface area contributed by atoms with E-state index in [0.29, 0.717) is 0 Å². The van der Waals surface area contributed by atoms with Crippen LogP contribution in [0.5, 0.6) is 0 Å².